The molecule has 0 bridgehead atoms. The molecule has 0 radical (unpaired) electrons. The molecule has 0 saturated carbocycles. The molecule has 1 aliphatic heterocycles. The summed E-state index contributed by atoms with van der Waals surface area (Å²) in [5.41, 5.74) is 0.148. The Morgan fingerprint density at radius 2 is 2.00 bits per heavy atom. The normalized spacial score (nSPS) is 31.5. The molecule has 0 spiro atoms. The molecule has 2 heteroatoms. The van der Waals surface area contributed by atoms with E-state index >= 15 is 0 Å². The molecule has 1 heterocycles. The number of hydrogen-bond acceptors (Lipinski definition) is 2. The highest BCUT2D eigenvalue weighted by Gasteiger charge is 2.30. The molecule has 0 aromatic carbocycles. The summed E-state index contributed by atoms with van der Waals surface area (Å²) in [4.78, 5) is 0. The summed E-state index contributed by atoms with van der Waals surface area (Å²) >= 11 is 0. The Balaban J connectivity index is 2.43. The van der Waals surface area contributed by atoms with Crippen LogP contribution in [0.25, 0.3) is 0 Å². The van der Waals surface area contributed by atoms with Crippen molar-refractivity contribution in [1.82, 2.24) is 10.6 Å². The number of nitrogens with one attached hydrogen (secondary N) is 2. The third-order valence-electron chi connectivity index (χ3n) is 2.11. The van der Waals surface area contributed by atoms with Crippen molar-refractivity contribution in [3.63, 3.8) is 0 Å². The molecular weight excluding hydrogens is 124 g/mol. The number of hydrogen-bond donors (Lipinski definition) is 2. The van der Waals surface area contributed by atoms with E-state index in [0.29, 0.717) is 6.04 Å². The van der Waals surface area contributed by atoms with Crippen molar-refractivity contribution in [2.24, 2.45) is 5.92 Å². The molecule has 60 valence electrons. The summed E-state index contributed by atoms with van der Waals surface area (Å²) in [5, 5.41) is 6.93. The van der Waals surface area contributed by atoms with Gasteiger partial charge in [-0.1, -0.05) is 13.8 Å². The van der Waals surface area contributed by atoms with Crippen LogP contribution in [0.3, 0.4) is 0 Å². The van der Waals surface area contributed by atoms with Crippen LogP contribution in [0.1, 0.15) is 27.7 Å². The Morgan fingerprint density at radius 1 is 1.40 bits per heavy atom. The molecule has 1 rings (SSSR count). The van der Waals surface area contributed by atoms with Gasteiger partial charge in [0.2, 0.25) is 0 Å². The van der Waals surface area contributed by atoms with Crippen molar-refractivity contribution < 1.29 is 0 Å². The van der Waals surface area contributed by atoms with E-state index in [0.717, 1.165) is 12.5 Å². The van der Waals surface area contributed by atoms with Crippen LogP contribution in [0.4, 0.5) is 0 Å². The second kappa shape index (κ2) is 2.51. The van der Waals surface area contributed by atoms with E-state index in [4.69, 9.17) is 0 Å². The molecule has 0 unspecified atom stereocenters. The number of rotatable bonds is 1. The van der Waals surface area contributed by atoms with Gasteiger partial charge in [-0.15, -0.1) is 0 Å². The minimum absolute atomic E-state index is 0.148. The fraction of sp³-hybridized carbons (Fsp3) is 1.00. The zero-order chi connectivity index (χ0) is 7.78. The van der Waals surface area contributed by atoms with Crippen molar-refractivity contribution in [3.8, 4) is 0 Å². The second-order valence-corrected chi connectivity index (χ2v) is 4.00. The minimum atomic E-state index is 0.148. The summed E-state index contributed by atoms with van der Waals surface area (Å²) in [6.45, 7) is 9.96. The zero-order valence-electron chi connectivity index (χ0n) is 7.36. The van der Waals surface area contributed by atoms with Crippen molar-refractivity contribution in [2.45, 2.75) is 39.4 Å². The molecular formula is C8H18N2. The SMILES string of the molecule is CC(C)[C@H]1CNC(C)(C)N1. The third kappa shape index (κ3) is 1.70. The molecule has 2 nitrogen and oxygen atoms in total. The predicted octanol–water partition coefficient (Wildman–Crippen LogP) is 0.940. The first kappa shape index (κ1) is 8.02. The van der Waals surface area contributed by atoms with E-state index in [1.165, 1.54) is 0 Å². The highest BCUT2D eigenvalue weighted by Crippen LogP contribution is 2.12. The van der Waals surface area contributed by atoms with Crippen LogP contribution in [-0.2, 0) is 0 Å². The molecule has 0 amide bonds. The van der Waals surface area contributed by atoms with Gasteiger partial charge in [0.1, 0.15) is 0 Å². The lowest BCUT2D eigenvalue weighted by Crippen LogP contribution is -2.44. The Bertz CT molecular complexity index is 118. The summed E-state index contributed by atoms with van der Waals surface area (Å²) in [7, 11) is 0. The average molecular weight is 142 g/mol. The standard InChI is InChI=1S/C8H18N2/c1-6(2)7-5-9-8(3,4)10-7/h6-7,9-10H,5H2,1-4H3/t7-/m1/s1. The van der Waals surface area contributed by atoms with E-state index in [2.05, 4.69) is 38.3 Å². The van der Waals surface area contributed by atoms with Gasteiger partial charge < -0.3 is 0 Å². The average Bonchev–Trinajstić information content (AvgIpc) is 2.10. The van der Waals surface area contributed by atoms with Crippen LogP contribution in [0, 0.1) is 5.92 Å². The smallest absolute Gasteiger partial charge is 0.0632 e. The lowest BCUT2D eigenvalue weighted by molar-refractivity contribution is 0.364. The molecule has 0 aromatic rings. The molecule has 2 N–H and O–H groups in total. The van der Waals surface area contributed by atoms with E-state index in [9.17, 15) is 0 Å². The maximum atomic E-state index is 3.52. The Kier molecular flexibility index (Phi) is 2.02. The molecule has 1 fully saturated rings. The Morgan fingerprint density at radius 3 is 2.20 bits per heavy atom. The first-order chi connectivity index (χ1) is 4.51. The van der Waals surface area contributed by atoms with Gasteiger partial charge in [-0.05, 0) is 19.8 Å². The Hall–Kier alpha value is -0.0800. The van der Waals surface area contributed by atoms with Gasteiger partial charge >= 0.3 is 0 Å². The summed E-state index contributed by atoms with van der Waals surface area (Å²) in [6.07, 6.45) is 0. The van der Waals surface area contributed by atoms with E-state index in [1.807, 2.05) is 0 Å². The van der Waals surface area contributed by atoms with Crippen LogP contribution in [0.2, 0.25) is 0 Å². The first-order valence-electron chi connectivity index (χ1n) is 4.04. The van der Waals surface area contributed by atoms with E-state index in [-0.39, 0.29) is 5.66 Å². The predicted molar refractivity (Wildman–Crippen MR) is 43.8 cm³/mol. The van der Waals surface area contributed by atoms with Gasteiger partial charge in [-0.25, -0.2) is 0 Å². The molecule has 0 aliphatic carbocycles. The van der Waals surface area contributed by atoms with Gasteiger partial charge in [0, 0.05) is 12.6 Å². The van der Waals surface area contributed by atoms with Crippen LogP contribution < -0.4 is 10.6 Å². The maximum Gasteiger partial charge on any atom is 0.0632 e. The van der Waals surface area contributed by atoms with Crippen LogP contribution >= 0.6 is 0 Å². The van der Waals surface area contributed by atoms with Gasteiger partial charge in [-0.3, -0.25) is 10.6 Å². The lowest BCUT2D eigenvalue weighted by atomic mass is 10.1. The summed E-state index contributed by atoms with van der Waals surface area (Å²) in [5.74, 6) is 0.731. The monoisotopic (exact) mass is 142 g/mol. The molecule has 10 heavy (non-hydrogen) atoms. The third-order valence-corrected chi connectivity index (χ3v) is 2.11. The van der Waals surface area contributed by atoms with Gasteiger partial charge in [0.05, 0.1) is 5.66 Å². The maximum absolute atomic E-state index is 3.52. The van der Waals surface area contributed by atoms with Crippen molar-refractivity contribution >= 4 is 0 Å². The molecule has 1 saturated heterocycles. The second-order valence-electron chi connectivity index (χ2n) is 4.00. The minimum Gasteiger partial charge on any atom is -0.298 e. The quantitative estimate of drug-likeness (QED) is 0.569. The first-order valence-corrected chi connectivity index (χ1v) is 4.04. The Labute approximate surface area is 63.4 Å². The largest absolute Gasteiger partial charge is 0.298 e. The topological polar surface area (TPSA) is 24.1 Å². The lowest BCUT2D eigenvalue weighted by Gasteiger charge is -2.21. The van der Waals surface area contributed by atoms with Crippen molar-refractivity contribution in [2.75, 3.05) is 6.54 Å². The fourth-order valence-electron chi connectivity index (χ4n) is 1.33. The highest BCUT2D eigenvalue weighted by atomic mass is 15.3. The van der Waals surface area contributed by atoms with Gasteiger partial charge in [0.15, 0.2) is 0 Å². The van der Waals surface area contributed by atoms with Crippen LogP contribution in [-0.4, -0.2) is 18.2 Å². The van der Waals surface area contributed by atoms with Crippen molar-refractivity contribution in [1.29, 1.82) is 0 Å². The fourth-order valence-corrected chi connectivity index (χ4v) is 1.33. The van der Waals surface area contributed by atoms with Gasteiger partial charge in [-0.2, -0.15) is 0 Å². The van der Waals surface area contributed by atoms with Crippen molar-refractivity contribution in [3.05, 3.63) is 0 Å². The van der Waals surface area contributed by atoms with Crippen LogP contribution in [0.15, 0.2) is 0 Å². The molecule has 1 aliphatic rings. The molecule has 1 atom stereocenters. The molecule has 0 aromatic heterocycles. The van der Waals surface area contributed by atoms with Crippen LogP contribution in [0.5, 0.6) is 0 Å². The zero-order valence-corrected chi connectivity index (χ0v) is 7.36. The highest BCUT2D eigenvalue weighted by molar-refractivity contribution is 4.90. The van der Waals surface area contributed by atoms with Gasteiger partial charge in [0.25, 0.3) is 0 Å². The van der Waals surface area contributed by atoms with E-state index in [1.54, 1.807) is 0 Å². The van der Waals surface area contributed by atoms with E-state index < -0.39 is 0 Å². The summed E-state index contributed by atoms with van der Waals surface area (Å²) < 4.78 is 0. The summed E-state index contributed by atoms with van der Waals surface area (Å²) in [6, 6.07) is 0.648.